The van der Waals surface area contributed by atoms with Gasteiger partial charge in [0.15, 0.2) is 0 Å². The number of rotatable bonds is 0. The molecular formula is C8H3BrN2. The van der Waals surface area contributed by atoms with Crippen molar-refractivity contribution in [1.29, 1.82) is 10.5 Å². The standard InChI is InChI=1S/C8H3BrN2/c9-8-2-6(4-10)1-7(3-8)5-11/h1-3H. The lowest BCUT2D eigenvalue weighted by atomic mass is 10.1. The fraction of sp³-hybridized carbons (Fsp3) is 0. The molecule has 0 aliphatic heterocycles. The summed E-state index contributed by atoms with van der Waals surface area (Å²) in [6.07, 6.45) is 0. The van der Waals surface area contributed by atoms with Gasteiger partial charge in [0.1, 0.15) is 0 Å². The molecule has 3 heteroatoms. The molecule has 52 valence electrons. The number of hydrogen-bond donors (Lipinski definition) is 0. The summed E-state index contributed by atoms with van der Waals surface area (Å²) in [6.45, 7) is 0. The number of hydrogen-bond acceptors (Lipinski definition) is 2. The van der Waals surface area contributed by atoms with E-state index < -0.39 is 0 Å². The Morgan fingerprint density at radius 1 is 1.00 bits per heavy atom. The molecule has 0 atom stereocenters. The maximum Gasteiger partial charge on any atom is 0.0992 e. The molecule has 0 amide bonds. The Bertz CT molecular complexity index is 325. The summed E-state index contributed by atoms with van der Waals surface area (Å²) in [5.74, 6) is 0. The minimum atomic E-state index is 0.496. The summed E-state index contributed by atoms with van der Waals surface area (Å²) < 4.78 is 0.758. The van der Waals surface area contributed by atoms with E-state index in [1.165, 1.54) is 0 Å². The van der Waals surface area contributed by atoms with Gasteiger partial charge in [0, 0.05) is 4.47 Å². The zero-order valence-electron chi connectivity index (χ0n) is 5.50. The Balaban J connectivity index is 3.28. The Kier molecular flexibility index (Phi) is 2.25. The van der Waals surface area contributed by atoms with Crippen LogP contribution in [0.4, 0.5) is 0 Å². The molecule has 0 aromatic heterocycles. The highest BCUT2D eigenvalue weighted by atomic mass is 79.9. The molecule has 0 unspecified atom stereocenters. The van der Waals surface area contributed by atoms with Gasteiger partial charge in [-0.15, -0.1) is 0 Å². The highest BCUT2D eigenvalue weighted by Gasteiger charge is 1.96. The second kappa shape index (κ2) is 3.18. The molecule has 0 saturated heterocycles. The third-order valence-electron chi connectivity index (χ3n) is 1.16. The molecule has 0 heterocycles. The van der Waals surface area contributed by atoms with Gasteiger partial charge in [-0.1, -0.05) is 15.9 Å². The zero-order chi connectivity index (χ0) is 8.27. The maximum absolute atomic E-state index is 8.50. The molecule has 0 spiro atoms. The van der Waals surface area contributed by atoms with Crippen LogP contribution >= 0.6 is 15.9 Å². The number of halogens is 1. The van der Waals surface area contributed by atoms with Crippen molar-refractivity contribution in [1.82, 2.24) is 0 Å². The molecule has 0 aliphatic rings. The Labute approximate surface area is 72.8 Å². The van der Waals surface area contributed by atoms with Crippen LogP contribution in [0, 0.1) is 22.7 Å². The fourth-order valence-electron chi connectivity index (χ4n) is 0.719. The molecule has 0 fully saturated rings. The van der Waals surface area contributed by atoms with Gasteiger partial charge in [0.05, 0.1) is 23.3 Å². The average Bonchev–Trinajstić information content (AvgIpc) is 2.03. The fourth-order valence-corrected chi connectivity index (χ4v) is 1.21. The van der Waals surface area contributed by atoms with Crippen LogP contribution in [0.2, 0.25) is 0 Å². The van der Waals surface area contributed by atoms with Gasteiger partial charge >= 0.3 is 0 Å². The first-order chi connectivity index (χ1) is 5.26. The van der Waals surface area contributed by atoms with Crippen LogP contribution in [0.3, 0.4) is 0 Å². The highest BCUT2D eigenvalue weighted by molar-refractivity contribution is 9.10. The van der Waals surface area contributed by atoms with Crippen LogP contribution in [0.25, 0.3) is 0 Å². The summed E-state index contributed by atoms with van der Waals surface area (Å²) in [5, 5.41) is 17.0. The summed E-state index contributed by atoms with van der Waals surface area (Å²) in [6, 6.07) is 8.80. The van der Waals surface area contributed by atoms with Crippen molar-refractivity contribution in [2.24, 2.45) is 0 Å². The predicted octanol–water partition coefficient (Wildman–Crippen LogP) is 2.19. The van der Waals surface area contributed by atoms with Gasteiger partial charge in [-0.3, -0.25) is 0 Å². The average molecular weight is 207 g/mol. The molecule has 1 rings (SSSR count). The molecule has 2 nitrogen and oxygen atoms in total. The maximum atomic E-state index is 8.50. The smallest absolute Gasteiger partial charge is 0.0992 e. The van der Waals surface area contributed by atoms with Crippen LogP contribution in [-0.4, -0.2) is 0 Å². The van der Waals surface area contributed by atoms with E-state index >= 15 is 0 Å². The van der Waals surface area contributed by atoms with Crippen LogP contribution in [-0.2, 0) is 0 Å². The summed E-state index contributed by atoms with van der Waals surface area (Å²) in [4.78, 5) is 0. The first-order valence-electron chi connectivity index (χ1n) is 2.87. The van der Waals surface area contributed by atoms with E-state index in [4.69, 9.17) is 10.5 Å². The van der Waals surface area contributed by atoms with Gasteiger partial charge in [-0.2, -0.15) is 10.5 Å². The van der Waals surface area contributed by atoms with Crippen molar-refractivity contribution in [3.8, 4) is 12.1 Å². The van der Waals surface area contributed by atoms with Gasteiger partial charge in [0.2, 0.25) is 0 Å². The van der Waals surface area contributed by atoms with Crippen LogP contribution in [0.1, 0.15) is 11.1 Å². The third kappa shape index (κ3) is 1.80. The number of nitrogens with zero attached hydrogens (tertiary/aromatic N) is 2. The molecule has 11 heavy (non-hydrogen) atoms. The third-order valence-corrected chi connectivity index (χ3v) is 1.61. The normalized spacial score (nSPS) is 8.27. The number of nitriles is 2. The molecule has 0 aliphatic carbocycles. The van der Waals surface area contributed by atoms with E-state index in [2.05, 4.69) is 15.9 Å². The van der Waals surface area contributed by atoms with Gasteiger partial charge in [-0.25, -0.2) is 0 Å². The number of benzene rings is 1. The Morgan fingerprint density at radius 2 is 1.45 bits per heavy atom. The molecule has 0 bridgehead atoms. The van der Waals surface area contributed by atoms with Crippen LogP contribution in [0.15, 0.2) is 22.7 Å². The molecule has 0 radical (unpaired) electrons. The van der Waals surface area contributed by atoms with Crippen molar-refractivity contribution in [3.05, 3.63) is 33.8 Å². The van der Waals surface area contributed by atoms with E-state index in [9.17, 15) is 0 Å². The molecule has 1 aromatic carbocycles. The Morgan fingerprint density at radius 3 is 1.82 bits per heavy atom. The van der Waals surface area contributed by atoms with Crippen LogP contribution in [0.5, 0.6) is 0 Å². The quantitative estimate of drug-likeness (QED) is 0.654. The van der Waals surface area contributed by atoms with Crippen molar-refractivity contribution in [2.75, 3.05) is 0 Å². The lowest BCUT2D eigenvalue weighted by Gasteiger charge is -1.91. The van der Waals surface area contributed by atoms with E-state index in [1.54, 1.807) is 18.2 Å². The SMILES string of the molecule is N#Cc1cc(Br)cc(C#N)c1. The van der Waals surface area contributed by atoms with Crippen LogP contribution < -0.4 is 0 Å². The lowest BCUT2D eigenvalue weighted by molar-refractivity contribution is 1.44. The molecule has 1 aromatic rings. The van der Waals surface area contributed by atoms with Crippen molar-refractivity contribution in [2.45, 2.75) is 0 Å². The Hall–Kier alpha value is -1.32. The van der Waals surface area contributed by atoms with E-state index in [0.717, 1.165) is 4.47 Å². The predicted molar refractivity (Wildman–Crippen MR) is 43.6 cm³/mol. The lowest BCUT2D eigenvalue weighted by Crippen LogP contribution is -1.78. The summed E-state index contributed by atoms with van der Waals surface area (Å²) >= 11 is 3.19. The second-order valence-electron chi connectivity index (χ2n) is 1.95. The van der Waals surface area contributed by atoms with E-state index in [-0.39, 0.29) is 0 Å². The van der Waals surface area contributed by atoms with E-state index in [1.807, 2.05) is 12.1 Å². The van der Waals surface area contributed by atoms with E-state index in [0.29, 0.717) is 11.1 Å². The minimum Gasteiger partial charge on any atom is -0.192 e. The van der Waals surface area contributed by atoms with Crippen molar-refractivity contribution >= 4 is 15.9 Å². The molecule has 0 N–H and O–H groups in total. The summed E-state index contributed by atoms with van der Waals surface area (Å²) in [7, 11) is 0. The van der Waals surface area contributed by atoms with Gasteiger partial charge in [0.25, 0.3) is 0 Å². The zero-order valence-corrected chi connectivity index (χ0v) is 7.09. The second-order valence-corrected chi connectivity index (χ2v) is 2.87. The largest absolute Gasteiger partial charge is 0.192 e. The van der Waals surface area contributed by atoms with Crippen molar-refractivity contribution in [3.63, 3.8) is 0 Å². The molecule has 0 saturated carbocycles. The van der Waals surface area contributed by atoms with Crippen molar-refractivity contribution < 1.29 is 0 Å². The molecular weight excluding hydrogens is 204 g/mol. The topological polar surface area (TPSA) is 47.6 Å². The summed E-state index contributed by atoms with van der Waals surface area (Å²) in [5.41, 5.74) is 0.992. The first-order valence-corrected chi connectivity index (χ1v) is 3.66. The van der Waals surface area contributed by atoms with Gasteiger partial charge < -0.3 is 0 Å². The minimum absolute atomic E-state index is 0.496. The highest BCUT2D eigenvalue weighted by Crippen LogP contribution is 2.14. The van der Waals surface area contributed by atoms with Gasteiger partial charge in [-0.05, 0) is 18.2 Å². The monoisotopic (exact) mass is 206 g/mol. The first kappa shape index (κ1) is 7.78.